The Labute approximate surface area is 111 Å². The van der Waals surface area contributed by atoms with Crippen molar-refractivity contribution < 1.29 is 4.39 Å². The van der Waals surface area contributed by atoms with Gasteiger partial charge in [0.25, 0.3) is 0 Å². The van der Waals surface area contributed by atoms with Crippen LogP contribution >= 0.6 is 0 Å². The van der Waals surface area contributed by atoms with Crippen molar-refractivity contribution in [2.24, 2.45) is 11.7 Å². The molecule has 1 aromatic carbocycles. The predicted molar refractivity (Wildman–Crippen MR) is 76.1 cm³/mol. The number of halogens is 1. The van der Waals surface area contributed by atoms with Crippen molar-refractivity contribution in [3.63, 3.8) is 0 Å². The summed E-state index contributed by atoms with van der Waals surface area (Å²) >= 11 is 0. The van der Waals surface area contributed by atoms with Gasteiger partial charge in [0.1, 0.15) is 5.82 Å². The molecular weight excluding hydrogens is 225 g/mol. The van der Waals surface area contributed by atoms with Crippen LogP contribution in [0.2, 0.25) is 0 Å². The molecule has 0 bridgehead atoms. The molecule has 0 saturated heterocycles. The highest BCUT2D eigenvalue weighted by molar-refractivity contribution is 5.21. The normalized spacial score (nSPS) is 14.4. The molecule has 0 spiro atoms. The Morgan fingerprint density at radius 2 is 2.06 bits per heavy atom. The summed E-state index contributed by atoms with van der Waals surface area (Å²) in [5.74, 6) is 0.844. The second-order valence-electron chi connectivity index (χ2n) is 5.14. The fraction of sp³-hybridized carbons (Fsp3) is 0.625. The van der Waals surface area contributed by atoms with E-state index in [-0.39, 0.29) is 5.82 Å². The van der Waals surface area contributed by atoms with E-state index in [0.717, 1.165) is 12.0 Å². The molecule has 0 aliphatic heterocycles. The first kappa shape index (κ1) is 15.2. The summed E-state index contributed by atoms with van der Waals surface area (Å²) in [6.45, 7) is 5.06. The SMILES string of the molecule is CCCCC(CC)CC(CN)c1cccc(F)c1. The first-order valence-corrected chi connectivity index (χ1v) is 7.16. The Morgan fingerprint density at radius 1 is 1.28 bits per heavy atom. The van der Waals surface area contributed by atoms with E-state index in [4.69, 9.17) is 5.73 Å². The average Bonchev–Trinajstić information content (AvgIpc) is 2.39. The van der Waals surface area contributed by atoms with Crippen LogP contribution in [0.4, 0.5) is 4.39 Å². The van der Waals surface area contributed by atoms with Crippen LogP contribution < -0.4 is 5.73 Å². The fourth-order valence-corrected chi connectivity index (χ4v) is 2.51. The molecule has 2 N–H and O–H groups in total. The monoisotopic (exact) mass is 251 g/mol. The quantitative estimate of drug-likeness (QED) is 0.724. The minimum absolute atomic E-state index is 0.160. The van der Waals surface area contributed by atoms with Gasteiger partial charge in [-0.3, -0.25) is 0 Å². The lowest BCUT2D eigenvalue weighted by molar-refractivity contribution is 0.386. The molecule has 18 heavy (non-hydrogen) atoms. The van der Waals surface area contributed by atoms with Gasteiger partial charge in [-0.25, -0.2) is 4.39 Å². The highest BCUT2D eigenvalue weighted by Crippen LogP contribution is 2.28. The molecule has 2 unspecified atom stereocenters. The molecule has 2 heteroatoms. The van der Waals surface area contributed by atoms with Crippen LogP contribution in [-0.4, -0.2) is 6.54 Å². The van der Waals surface area contributed by atoms with E-state index < -0.39 is 0 Å². The van der Waals surface area contributed by atoms with E-state index in [1.165, 1.54) is 31.7 Å². The van der Waals surface area contributed by atoms with Gasteiger partial charge in [0.05, 0.1) is 0 Å². The Bertz CT molecular complexity index is 338. The van der Waals surface area contributed by atoms with Crippen molar-refractivity contribution in [2.75, 3.05) is 6.54 Å². The van der Waals surface area contributed by atoms with Crippen LogP contribution in [0.3, 0.4) is 0 Å². The van der Waals surface area contributed by atoms with E-state index >= 15 is 0 Å². The topological polar surface area (TPSA) is 26.0 Å². The molecule has 0 heterocycles. The van der Waals surface area contributed by atoms with Gasteiger partial charge >= 0.3 is 0 Å². The van der Waals surface area contributed by atoms with Crippen LogP contribution in [0.15, 0.2) is 24.3 Å². The maximum atomic E-state index is 13.2. The molecule has 0 fully saturated rings. The summed E-state index contributed by atoms with van der Waals surface area (Å²) in [6.07, 6.45) is 6.05. The van der Waals surface area contributed by atoms with Crippen molar-refractivity contribution in [3.05, 3.63) is 35.6 Å². The minimum Gasteiger partial charge on any atom is -0.330 e. The number of nitrogens with two attached hydrogens (primary N) is 1. The summed E-state index contributed by atoms with van der Waals surface area (Å²) < 4.78 is 13.2. The highest BCUT2D eigenvalue weighted by atomic mass is 19.1. The Morgan fingerprint density at radius 3 is 2.61 bits per heavy atom. The first-order valence-electron chi connectivity index (χ1n) is 7.16. The lowest BCUT2D eigenvalue weighted by Gasteiger charge is -2.22. The average molecular weight is 251 g/mol. The number of hydrogen-bond donors (Lipinski definition) is 1. The number of hydrogen-bond acceptors (Lipinski definition) is 1. The van der Waals surface area contributed by atoms with Crippen LogP contribution in [-0.2, 0) is 0 Å². The zero-order chi connectivity index (χ0) is 13.4. The highest BCUT2D eigenvalue weighted by Gasteiger charge is 2.16. The summed E-state index contributed by atoms with van der Waals surface area (Å²) in [7, 11) is 0. The second-order valence-corrected chi connectivity index (χ2v) is 5.14. The second kappa shape index (κ2) is 8.25. The summed E-state index contributed by atoms with van der Waals surface area (Å²) in [6, 6.07) is 6.89. The van der Waals surface area contributed by atoms with Gasteiger partial charge in [0.15, 0.2) is 0 Å². The van der Waals surface area contributed by atoms with Crippen molar-refractivity contribution in [1.82, 2.24) is 0 Å². The fourth-order valence-electron chi connectivity index (χ4n) is 2.51. The maximum Gasteiger partial charge on any atom is 0.123 e. The number of rotatable bonds is 8. The van der Waals surface area contributed by atoms with Gasteiger partial charge < -0.3 is 5.73 Å². The van der Waals surface area contributed by atoms with Crippen molar-refractivity contribution in [2.45, 2.75) is 51.9 Å². The number of benzene rings is 1. The molecule has 0 aromatic heterocycles. The Kier molecular flexibility index (Phi) is 6.96. The lowest BCUT2D eigenvalue weighted by atomic mass is 9.85. The molecule has 0 radical (unpaired) electrons. The minimum atomic E-state index is -0.160. The summed E-state index contributed by atoms with van der Waals surface area (Å²) in [4.78, 5) is 0. The molecular formula is C16H26FN. The third kappa shape index (κ3) is 4.77. The first-order chi connectivity index (χ1) is 8.71. The number of unbranched alkanes of at least 4 members (excludes halogenated alkanes) is 1. The Hall–Kier alpha value is -0.890. The van der Waals surface area contributed by atoms with Gasteiger partial charge in [-0.1, -0.05) is 51.7 Å². The molecule has 102 valence electrons. The molecule has 0 amide bonds. The van der Waals surface area contributed by atoms with E-state index in [1.54, 1.807) is 12.1 Å². The van der Waals surface area contributed by atoms with Crippen molar-refractivity contribution in [3.8, 4) is 0 Å². The van der Waals surface area contributed by atoms with Crippen molar-refractivity contribution in [1.29, 1.82) is 0 Å². The van der Waals surface area contributed by atoms with Crippen LogP contribution in [0, 0.1) is 11.7 Å². The van der Waals surface area contributed by atoms with Gasteiger partial charge in [0.2, 0.25) is 0 Å². The van der Waals surface area contributed by atoms with Gasteiger partial charge in [-0.05, 0) is 42.5 Å². The third-order valence-electron chi connectivity index (χ3n) is 3.77. The van der Waals surface area contributed by atoms with Gasteiger partial charge in [0, 0.05) is 0 Å². The van der Waals surface area contributed by atoms with E-state index in [9.17, 15) is 4.39 Å². The van der Waals surface area contributed by atoms with Gasteiger partial charge in [-0.15, -0.1) is 0 Å². The largest absolute Gasteiger partial charge is 0.330 e. The molecule has 2 atom stereocenters. The third-order valence-corrected chi connectivity index (χ3v) is 3.77. The van der Waals surface area contributed by atoms with Crippen LogP contribution in [0.1, 0.15) is 57.4 Å². The molecule has 0 aliphatic rings. The Balaban J connectivity index is 2.65. The predicted octanol–water partition coefficient (Wildman–Crippen LogP) is 4.47. The molecule has 1 rings (SSSR count). The molecule has 1 aromatic rings. The van der Waals surface area contributed by atoms with Crippen molar-refractivity contribution >= 4 is 0 Å². The lowest BCUT2D eigenvalue weighted by Crippen LogP contribution is -2.16. The van der Waals surface area contributed by atoms with Crippen LogP contribution in [0.5, 0.6) is 0 Å². The molecule has 1 nitrogen and oxygen atoms in total. The molecule has 0 aliphatic carbocycles. The summed E-state index contributed by atoms with van der Waals surface area (Å²) in [5.41, 5.74) is 6.91. The van der Waals surface area contributed by atoms with E-state index in [1.807, 2.05) is 6.07 Å². The van der Waals surface area contributed by atoms with Gasteiger partial charge in [-0.2, -0.15) is 0 Å². The standard InChI is InChI=1S/C16H26FN/c1-3-5-7-13(4-2)10-15(12-18)14-8-6-9-16(17)11-14/h6,8-9,11,13,15H,3-5,7,10,12,18H2,1-2H3. The van der Waals surface area contributed by atoms with E-state index in [2.05, 4.69) is 13.8 Å². The maximum absolute atomic E-state index is 13.2. The molecule has 0 saturated carbocycles. The zero-order valence-electron chi connectivity index (χ0n) is 11.7. The summed E-state index contributed by atoms with van der Waals surface area (Å²) in [5, 5.41) is 0. The zero-order valence-corrected chi connectivity index (χ0v) is 11.7. The smallest absolute Gasteiger partial charge is 0.123 e. The van der Waals surface area contributed by atoms with Crippen LogP contribution in [0.25, 0.3) is 0 Å². The van der Waals surface area contributed by atoms with E-state index in [0.29, 0.717) is 18.4 Å².